The third kappa shape index (κ3) is 5.14. The van der Waals surface area contributed by atoms with Crippen molar-refractivity contribution in [3.05, 3.63) is 23.9 Å². The Labute approximate surface area is 120 Å². The molecule has 5 nitrogen and oxygen atoms in total. The molecule has 0 spiro atoms. The lowest BCUT2D eigenvalue weighted by molar-refractivity contribution is -0.137. The van der Waals surface area contributed by atoms with Gasteiger partial charge in [-0.15, -0.1) is 0 Å². The second kappa shape index (κ2) is 7.06. The van der Waals surface area contributed by atoms with Gasteiger partial charge >= 0.3 is 6.18 Å². The van der Waals surface area contributed by atoms with Crippen molar-refractivity contribution < 1.29 is 23.0 Å². The summed E-state index contributed by atoms with van der Waals surface area (Å²) in [6, 6.07) is 1.84. The number of aromatic nitrogens is 1. The molecule has 0 aliphatic carbocycles. The standard InChI is InChI=1S/C13H18F3N3O2/c14-13(15,16)10-1-2-17-12(7-10)18-8-11(20)9-19-3-5-21-6-4-19/h1-2,7,11,20H,3-6,8-9H2,(H,17,18). The van der Waals surface area contributed by atoms with Gasteiger partial charge in [0.1, 0.15) is 5.82 Å². The Morgan fingerprint density at radius 2 is 2.10 bits per heavy atom. The normalized spacial score (nSPS) is 18.5. The molecule has 2 N–H and O–H groups in total. The summed E-state index contributed by atoms with van der Waals surface area (Å²) in [5, 5.41) is 12.6. The molecule has 0 amide bonds. The van der Waals surface area contributed by atoms with E-state index < -0.39 is 17.8 Å². The summed E-state index contributed by atoms with van der Waals surface area (Å²) < 4.78 is 42.9. The monoisotopic (exact) mass is 305 g/mol. The first-order chi connectivity index (χ1) is 9.95. The molecule has 1 unspecified atom stereocenters. The zero-order chi connectivity index (χ0) is 15.3. The zero-order valence-corrected chi connectivity index (χ0v) is 11.4. The lowest BCUT2D eigenvalue weighted by Gasteiger charge is -2.28. The van der Waals surface area contributed by atoms with Crippen LogP contribution in [0, 0.1) is 0 Å². The van der Waals surface area contributed by atoms with Crippen LogP contribution in [0.5, 0.6) is 0 Å². The third-order valence-electron chi connectivity index (χ3n) is 3.18. The highest BCUT2D eigenvalue weighted by Gasteiger charge is 2.30. The van der Waals surface area contributed by atoms with Crippen molar-refractivity contribution in [2.45, 2.75) is 12.3 Å². The van der Waals surface area contributed by atoms with E-state index in [-0.39, 0.29) is 12.4 Å². The van der Waals surface area contributed by atoms with E-state index in [0.717, 1.165) is 31.4 Å². The molecular weight excluding hydrogens is 287 g/mol. The Morgan fingerprint density at radius 1 is 1.38 bits per heavy atom. The third-order valence-corrected chi connectivity index (χ3v) is 3.18. The van der Waals surface area contributed by atoms with Gasteiger partial charge < -0.3 is 15.2 Å². The van der Waals surface area contributed by atoms with Crippen LogP contribution >= 0.6 is 0 Å². The van der Waals surface area contributed by atoms with Crippen LogP contribution < -0.4 is 5.32 Å². The number of aliphatic hydroxyl groups excluding tert-OH is 1. The topological polar surface area (TPSA) is 57.6 Å². The molecule has 1 aromatic rings. The van der Waals surface area contributed by atoms with Crippen LogP contribution in [0.3, 0.4) is 0 Å². The van der Waals surface area contributed by atoms with E-state index in [4.69, 9.17) is 4.74 Å². The van der Waals surface area contributed by atoms with Crippen LogP contribution in [-0.4, -0.2) is 60.5 Å². The minimum atomic E-state index is -4.40. The molecule has 2 rings (SSSR count). The molecule has 1 aromatic heterocycles. The number of hydrogen-bond acceptors (Lipinski definition) is 5. The van der Waals surface area contributed by atoms with Gasteiger partial charge in [0.25, 0.3) is 0 Å². The summed E-state index contributed by atoms with van der Waals surface area (Å²) in [7, 11) is 0. The molecule has 1 aliphatic rings. The van der Waals surface area contributed by atoms with Crippen molar-refractivity contribution in [2.24, 2.45) is 0 Å². The van der Waals surface area contributed by atoms with E-state index in [0.29, 0.717) is 19.8 Å². The van der Waals surface area contributed by atoms with Gasteiger partial charge in [0.05, 0.1) is 24.9 Å². The number of morpholine rings is 1. The molecule has 1 fully saturated rings. The van der Waals surface area contributed by atoms with Crippen molar-refractivity contribution in [3.8, 4) is 0 Å². The van der Waals surface area contributed by atoms with E-state index in [9.17, 15) is 18.3 Å². The van der Waals surface area contributed by atoms with Gasteiger partial charge in [-0.05, 0) is 12.1 Å². The van der Waals surface area contributed by atoms with Crippen molar-refractivity contribution in [3.63, 3.8) is 0 Å². The van der Waals surface area contributed by atoms with E-state index >= 15 is 0 Å². The average molecular weight is 305 g/mol. The first-order valence-electron chi connectivity index (χ1n) is 6.70. The maximum absolute atomic E-state index is 12.6. The number of β-amino-alcohol motifs (C(OH)–C–C–N with tert-alkyl or cyclic N) is 1. The smallest absolute Gasteiger partial charge is 0.390 e. The minimum Gasteiger partial charge on any atom is -0.390 e. The summed E-state index contributed by atoms with van der Waals surface area (Å²) in [5.74, 6) is 0.103. The van der Waals surface area contributed by atoms with Crippen LogP contribution in [0.2, 0.25) is 0 Å². The number of alkyl halides is 3. The van der Waals surface area contributed by atoms with Crippen molar-refractivity contribution in [1.29, 1.82) is 0 Å². The lowest BCUT2D eigenvalue weighted by atomic mass is 10.2. The lowest BCUT2D eigenvalue weighted by Crippen LogP contribution is -2.42. The number of nitrogens with one attached hydrogen (secondary N) is 1. The predicted molar refractivity (Wildman–Crippen MR) is 71.0 cm³/mol. The number of aliphatic hydroxyl groups is 1. The Bertz CT molecular complexity index is 451. The van der Waals surface area contributed by atoms with Crippen LogP contribution in [0.25, 0.3) is 0 Å². The fourth-order valence-electron chi connectivity index (χ4n) is 2.07. The van der Waals surface area contributed by atoms with Crippen molar-refractivity contribution in [1.82, 2.24) is 9.88 Å². The van der Waals surface area contributed by atoms with E-state index in [1.54, 1.807) is 0 Å². The zero-order valence-electron chi connectivity index (χ0n) is 11.4. The Balaban J connectivity index is 1.82. The summed E-state index contributed by atoms with van der Waals surface area (Å²) in [6.45, 7) is 3.36. The van der Waals surface area contributed by atoms with E-state index in [2.05, 4.69) is 15.2 Å². The van der Waals surface area contributed by atoms with Crippen LogP contribution in [0.4, 0.5) is 19.0 Å². The van der Waals surface area contributed by atoms with Crippen molar-refractivity contribution >= 4 is 5.82 Å². The number of pyridine rings is 1. The number of halogens is 3. The quantitative estimate of drug-likeness (QED) is 0.856. The molecule has 1 atom stereocenters. The van der Waals surface area contributed by atoms with Gasteiger partial charge in [-0.3, -0.25) is 4.90 Å². The molecule has 21 heavy (non-hydrogen) atoms. The summed E-state index contributed by atoms with van der Waals surface area (Å²) >= 11 is 0. The van der Waals surface area contributed by atoms with Gasteiger partial charge in [-0.2, -0.15) is 13.2 Å². The molecule has 0 saturated carbocycles. The second-order valence-corrected chi connectivity index (χ2v) is 4.88. The average Bonchev–Trinajstić information content (AvgIpc) is 2.46. The first-order valence-corrected chi connectivity index (χ1v) is 6.70. The van der Waals surface area contributed by atoms with Gasteiger partial charge in [0.2, 0.25) is 0 Å². The van der Waals surface area contributed by atoms with Crippen LogP contribution in [0.15, 0.2) is 18.3 Å². The van der Waals surface area contributed by atoms with Crippen LogP contribution in [-0.2, 0) is 10.9 Å². The summed E-state index contributed by atoms with van der Waals surface area (Å²) in [5.41, 5.74) is -0.761. The fraction of sp³-hybridized carbons (Fsp3) is 0.615. The molecular formula is C13H18F3N3O2. The van der Waals surface area contributed by atoms with E-state index in [1.165, 1.54) is 0 Å². The van der Waals surface area contributed by atoms with E-state index in [1.807, 2.05) is 0 Å². The van der Waals surface area contributed by atoms with Crippen molar-refractivity contribution in [2.75, 3.05) is 44.7 Å². The number of ether oxygens (including phenoxy) is 1. The highest BCUT2D eigenvalue weighted by atomic mass is 19.4. The predicted octanol–water partition coefficient (Wildman–Crippen LogP) is 1.21. The SMILES string of the molecule is OC(CNc1cc(C(F)(F)F)ccn1)CN1CCOCC1. The number of rotatable bonds is 5. The Kier molecular flexibility index (Phi) is 5.38. The van der Waals surface area contributed by atoms with Gasteiger partial charge in [-0.1, -0.05) is 0 Å². The molecule has 2 heterocycles. The largest absolute Gasteiger partial charge is 0.416 e. The summed E-state index contributed by atoms with van der Waals surface area (Å²) in [6.07, 6.45) is -3.98. The maximum Gasteiger partial charge on any atom is 0.416 e. The highest BCUT2D eigenvalue weighted by Crippen LogP contribution is 2.29. The molecule has 118 valence electrons. The van der Waals surface area contributed by atoms with Gasteiger partial charge in [-0.25, -0.2) is 4.98 Å². The molecule has 0 aromatic carbocycles. The molecule has 0 radical (unpaired) electrons. The Hall–Kier alpha value is -1.38. The minimum absolute atomic E-state index is 0.103. The van der Waals surface area contributed by atoms with Gasteiger partial charge in [0.15, 0.2) is 0 Å². The number of anilines is 1. The second-order valence-electron chi connectivity index (χ2n) is 4.88. The Morgan fingerprint density at radius 3 is 2.76 bits per heavy atom. The highest BCUT2D eigenvalue weighted by molar-refractivity contribution is 5.38. The molecule has 8 heteroatoms. The molecule has 0 bridgehead atoms. The molecule has 1 aliphatic heterocycles. The first kappa shape index (κ1) is 16.0. The van der Waals surface area contributed by atoms with Crippen LogP contribution in [0.1, 0.15) is 5.56 Å². The number of hydrogen-bond donors (Lipinski definition) is 2. The molecule has 1 saturated heterocycles. The number of nitrogens with zero attached hydrogens (tertiary/aromatic N) is 2. The summed E-state index contributed by atoms with van der Waals surface area (Å²) in [4.78, 5) is 5.87. The fourth-order valence-corrected chi connectivity index (χ4v) is 2.07. The maximum atomic E-state index is 12.6. The van der Waals surface area contributed by atoms with Gasteiger partial charge in [0, 0.05) is 32.4 Å².